The second kappa shape index (κ2) is 8.87. The first-order valence-electron chi connectivity index (χ1n) is 9.59. The molecule has 6 nitrogen and oxygen atoms in total. The summed E-state index contributed by atoms with van der Waals surface area (Å²) in [5, 5.41) is 0. The average molecular weight is 422 g/mol. The van der Waals surface area contributed by atoms with Crippen molar-refractivity contribution in [1.29, 1.82) is 0 Å². The van der Waals surface area contributed by atoms with Crippen LogP contribution >= 0.6 is 0 Å². The van der Waals surface area contributed by atoms with Crippen molar-refractivity contribution in [1.82, 2.24) is 0 Å². The Labute approximate surface area is 178 Å². The molecule has 3 aromatic carbocycles. The highest BCUT2D eigenvalue weighted by atomic mass is 19.1. The number of fused-ring (bicyclic) bond motifs is 1. The van der Waals surface area contributed by atoms with Gasteiger partial charge in [0.25, 0.3) is 0 Å². The minimum absolute atomic E-state index is 0.102. The van der Waals surface area contributed by atoms with Crippen molar-refractivity contribution in [3.8, 4) is 17.2 Å². The molecule has 7 heteroatoms. The smallest absolute Gasteiger partial charge is 0.339 e. The van der Waals surface area contributed by atoms with Crippen LogP contribution in [0.5, 0.6) is 17.2 Å². The van der Waals surface area contributed by atoms with Gasteiger partial charge in [-0.15, -0.1) is 0 Å². The third-order valence-corrected chi connectivity index (χ3v) is 4.78. The summed E-state index contributed by atoms with van der Waals surface area (Å²) < 4.78 is 35.1. The van der Waals surface area contributed by atoms with Crippen molar-refractivity contribution in [3.05, 3.63) is 88.7 Å². The molecule has 31 heavy (non-hydrogen) atoms. The van der Waals surface area contributed by atoms with Crippen molar-refractivity contribution >= 4 is 11.8 Å². The predicted molar refractivity (Wildman–Crippen MR) is 109 cm³/mol. The van der Waals surface area contributed by atoms with Crippen molar-refractivity contribution in [3.63, 3.8) is 0 Å². The van der Waals surface area contributed by atoms with Gasteiger partial charge in [-0.1, -0.05) is 24.3 Å². The molecule has 158 valence electrons. The molecule has 1 aliphatic rings. The first-order valence-corrected chi connectivity index (χ1v) is 9.59. The number of ether oxygens (including phenoxy) is 4. The second-order valence-electron chi connectivity index (χ2n) is 6.78. The van der Waals surface area contributed by atoms with E-state index in [1.807, 2.05) is 0 Å². The molecule has 0 amide bonds. The van der Waals surface area contributed by atoms with Crippen LogP contribution in [0, 0.1) is 5.82 Å². The summed E-state index contributed by atoms with van der Waals surface area (Å²) >= 11 is 0. The van der Waals surface area contributed by atoms with Crippen LogP contribution in [0.2, 0.25) is 0 Å². The van der Waals surface area contributed by atoms with E-state index in [2.05, 4.69) is 0 Å². The molecule has 1 aliphatic heterocycles. The summed E-state index contributed by atoms with van der Waals surface area (Å²) in [6.07, 6.45) is 0. The minimum atomic E-state index is -0.683. The van der Waals surface area contributed by atoms with Gasteiger partial charge in [0, 0.05) is 11.1 Å². The van der Waals surface area contributed by atoms with Gasteiger partial charge in [0.15, 0.2) is 28.8 Å². The van der Waals surface area contributed by atoms with Gasteiger partial charge in [-0.05, 0) is 42.0 Å². The van der Waals surface area contributed by atoms with Crippen LogP contribution in [-0.4, -0.2) is 32.1 Å². The lowest BCUT2D eigenvalue weighted by atomic mass is 9.98. The Morgan fingerprint density at radius 2 is 1.68 bits per heavy atom. The van der Waals surface area contributed by atoms with Crippen molar-refractivity contribution < 1.29 is 32.9 Å². The topological polar surface area (TPSA) is 71.1 Å². The SMILES string of the molecule is COc1ccc(COC(=O)c2ccccc2C(=O)c2ccc3c(c2)OCCO3)cc1F. The molecular weight excluding hydrogens is 403 g/mol. The van der Waals surface area contributed by atoms with Crippen molar-refractivity contribution in [2.45, 2.75) is 6.61 Å². The standard InChI is InChI=1S/C24H19FO6/c1-28-20-8-6-15(12-19(20)25)14-31-24(27)18-5-3-2-4-17(18)23(26)16-7-9-21-22(13-16)30-11-10-29-21/h2-9,12-13H,10-11,14H2,1H3. The highest BCUT2D eigenvalue weighted by molar-refractivity contribution is 6.14. The normalized spacial score (nSPS) is 12.2. The van der Waals surface area contributed by atoms with Crippen molar-refractivity contribution in [2.24, 2.45) is 0 Å². The molecular formula is C24H19FO6. The molecule has 0 atom stereocenters. The second-order valence-corrected chi connectivity index (χ2v) is 6.78. The van der Waals surface area contributed by atoms with E-state index in [1.54, 1.807) is 42.5 Å². The van der Waals surface area contributed by atoms with E-state index in [1.165, 1.54) is 25.3 Å². The Bertz CT molecular complexity index is 1140. The van der Waals surface area contributed by atoms with Gasteiger partial charge >= 0.3 is 5.97 Å². The molecule has 4 rings (SSSR count). The third-order valence-electron chi connectivity index (χ3n) is 4.78. The number of hydrogen-bond donors (Lipinski definition) is 0. The van der Waals surface area contributed by atoms with E-state index in [0.717, 1.165) is 0 Å². The van der Waals surface area contributed by atoms with Crippen LogP contribution in [-0.2, 0) is 11.3 Å². The average Bonchev–Trinajstić information content (AvgIpc) is 2.81. The lowest BCUT2D eigenvalue weighted by molar-refractivity contribution is 0.0469. The maximum Gasteiger partial charge on any atom is 0.339 e. The molecule has 1 heterocycles. The zero-order chi connectivity index (χ0) is 21.8. The molecule has 0 radical (unpaired) electrons. The van der Waals surface area contributed by atoms with Crippen LogP contribution in [0.3, 0.4) is 0 Å². The lowest BCUT2D eigenvalue weighted by Crippen LogP contribution is -2.16. The molecule has 0 bridgehead atoms. The van der Waals surface area contributed by atoms with Gasteiger partial charge in [0.2, 0.25) is 0 Å². The fourth-order valence-electron chi connectivity index (χ4n) is 3.23. The summed E-state index contributed by atoms with van der Waals surface area (Å²) in [4.78, 5) is 25.8. The molecule has 0 aliphatic carbocycles. The van der Waals surface area contributed by atoms with Crippen LogP contribution in [0.25, 0.3) is 0 Å². The Balaban J connectivity index is 1.53. The van der Waals surface area contributed by atoms with Gasteiger partial charge in [-0.2, -0.15) is 0 Å². The van der Waals surface area contributed by atoms with Crippen molar-refractivity contribution in [2.75, 3.05) is 20.3 Å². The Morgan fingerprint density at radius 1 is 0.935 bits per heavy atom. The number of esters is 1. The quantitative estimate of drug-likeness (QED) is 0.438. The van der Waals surface area contributed by atoms with E-state index in [-0.39, 0.29) is 29.3 Å². The summed E-state index contributed by atoms with van der Waals surface area (Å²) in [5.74, 6) is -0.422. The maximum atomic E-state index is 13.8. The summed E-state index contributed by atoms with van der Waals surface area (Å²) in [7, 11) is 1.37. The minimum Gasteiger partial charge on any atom is -0.494 e. The molecule has 3 aromatic rings. The van der Waals surface area contributed by atoms with E-state index in [9.17, 15) is 14.0 Å². The summed E-state index contributed by atoms with van der Waals surface area (Å²) in [5.41, 5.74) is 1.14. The number of carbonyl (C=O) groups excluding carboxylic acids is 2. The Kier molecular flexibility index (Phi) is 5.84. The molecule has 0 unspecified atom stereocenters. The predicted octanol–water partition coefficient (Wildman–Crippen LogP) is 4.19. The van der Waals surface area contributed by atoms with Gasteiger partial charge in [0.05, 0.1) is 12.7 Å². The van der Waals surface area contributed by atoms with Gasteiger partial charge in [-0.25, -0.2) is 9.18 Å². The van der Waals surface area contributed by atoms with Gasteiger partial charge in [-0.3, -0.25) is 4.79 Å². The molecule has 0 saturated heterocycles. The third kappa shape index (κ3) is 4.35. The van der Waals surface area contributed by atoms with Gasteiger partial charge < -0.3 is 18.9 Å². The fourth-order valence-corrected chi connectivity index (χ4v) is 3.23. The van der Waals surface area contributed by atoms with Crippen LogP contribution in [0.4, 0.5) is 4.39 Å². The number of methoxy groups -OCH3 is 1. The number of benzene rings is 3. The number of carbonyl (C=O) groups is 2. The summed E-state index contributed by atoms with van der Waals surface area (Å²) in [6.45, 7) is 0.707. The largest absolute Gasteiger partial charge is 0.494 e. The zero-order valence-corrected chi connectivity index (χ0v) is 16.7. The maximum absolute atomic E-state index is 13.8. The van der Waals surface area contributed by atoms with E-state index in [4.69, 9.17) is 18.9 Å². The number of ketones is 1. The zero-order valence-electron chi connectivity index (χ0n) is 16.7. The molecule has 0 fully saturated rings. The number of rotatable bonds is 6. The first kappa shape index (κ1) is 20.4. The van der Waals surface area contributed by atoms with Gasteiger partial charge in [0.1, 0.15) is 19.8 Å². The summed E-state index contributed by atoms with van der Waals surface area (Å²) in [6, 6.07) is 15.6. The van der Waals surface area contributed by atoms with E-state index >= 15 is 0 Å². The Morgan fingerprint density at radius 3 is 2.42 bits per heavy atom. The van der Waals surface area contributed by atoms with Crippen LogP contribution in [0.1, 0.15) is 31.8 Å². The Hall–Kier alpha value is -3.87. The number of hydrogen-bond acceptors (Lipinski definition) is 6. The van der Waals surface area contributed by atoms with E-state index < -0.39 is 11.8 Å². The molecule has 0 N–H and O–H groups in total. The van der Waals surface area contributed by atoms with Crippen LogP contribution in [0.15, 0.2) is 60.7 Å². The highest BCUT2D eigenvalue weighted by Crippen LogP contribution is 2.31. The van der Waals surface area contributed by atoms with E-state index in [0.29, 0.717) is 35.8 Å². The first-order chi connectivity index (χ1) is 15.1. The number of halogens is 1. The monoisotopic (exact) mass is 422 g/mol. The molecule has 0 spiro atoms. The lowest BCUT2D eigenvalue weighted by Gasteiger charge is -2.18. The highest BCUT2D eigenvalue weighted by Gasteiger charge is 2.21. The fraction of sp³-hybridized carbons (Fsp3) is 0.167. The van der Waals surface area contributed by atoms with Crippen LogP contribution < -0.4 is 14.2 Å². The molecule has 0 aromatic heterocycles. The molecule has 0 saturated carbocycles.